The normalized spacial score (nSPS) is 28.3. The Morgan fingerprint density at radius 1 is 1.32 bits per heavy atom. The maximum absolute atomic E-state index is 14.3. The number of hydrogen-bond donors (Lipinski definition) is 1. The molecule has 0 bridgehead atoms. The molecule has 2 rings (SSSR count). The molecule has 22 heavy (non-hydrogen) atoms. The number of piperidine rings is 2. The van der Waals surface area contributed by atoms with Crippen molar-refractivity contribution in [3.8, 4) is 0 Å². The van der Waals surface area contributed by atoms with Crippen LogP contribution in [-0.4, -0.2) is 65.8 Å². The van der Waals surface area contributed by atoms with Crippen molar-refractivity contribution in [3.05, 3.63) is 0 Å². The molecule has 0 aromatic rings. The zero-order valence-electron chi connectivity index (χ0n) is 14.1. The highest BCUT2D eigenvalue weighted by Gasteiger charge is 2.35. The van der Waals surface area contributed by atoms with Gasteiger partial charge < -0.3 is 10.0 Å². The number of amides is 1. The predicted molar refractivity (Wildman–Crippen MR) is 85.4 cm³/mol. The van der Waals surface area contributed by atoms with E-state index in [1.165, 1.54) is 0 Å². The number of nitrogens with zero attached hydrogens (tertiary/aromatic N) is 2. The average Bonchev–Trinajstić information content (AvgIpc) is 2.47. The van der Waals surface area contributed by atoms with E-state index in [0.717, 1.165) is 45.4 Å². The third-order valence-electron chi connectivity index (χ3n) is 4.96. The van der Waals surface area contributed by atoms with Crippen LogP contribution in [0.3, 0.4) is 0 Å². The van der Waals surface area contributed by atoms with E-state index >= 15 is 0 Å². The second-order valence-electron chi connectivity index (χ2n) is 7.57. The monoisotopic (exact) mass is 314 g/mol. The van der Waals surface area contributed by atoms with Crippen LogP contribution in [0.2, 0.25) is 0 Å². The SMILES string of the molecule is CC(C)CC(=O)N1CCC(CN2CCCC(F)(CO)C2)CC1. The number of likely N-dealkylation sites (tertiary alicyclic amines) is 2. The molecule has 2 fully saturated rings. The molecule has 128 valence electrons. The molecular formula is C17H31FN2O2. The number of aliphatic hydroxyl groups excluding tert-OH is 1. The Hall–Kier alpha value is -0.680. The first-order valence-electron chi connectivity index (χ1n) is 8.72. The highest BCUT2D eigenvalue weighted by molar-refractivity contribution is 5.76. The summed E-state index contributed by atoms with van der Waals surface area (Å²) in [6.07, 6.45) is 3.96. The van der Waals surface area contributed by atoms with Crippen molar-refractivity contribution >= 4 is 5.91 Å². The van der Waals surface area contributed by atoms with Crippen molar-refractivity contribution in [2.75, 3.05) is 39.3 Å². The van der Waals surface area contributed by atoms with Crippen molar-refractivity contribution in [2.24, 2.45) is 11.8 Å². The van der Waals surface area contributed by atoms with Gasteiger partial charge in [-0.05, 0) is 44.1 Å². The molecule has 2 aliphatic rings. The largest absolute Gasteiger partial charge is 0.393 e. The summed E-state index contributed by atoms with van der Waals surface area (Å²) in [5.74, 6) is 1.23. The van der Waals surface area contributed by atoms with Crippen molar-refractivity contribution < 1.29 is 14.3 Å². The molecule has 1 atom stereocenters. The van der Waals surface area contributed by atoms with Crippen LogP contribution in [0.4, 0.5) is 4.39 Å². The molecule has 5 heteroatoms. The molecular weight excluding hydrogens is 283 g/mol. The number of aliphatic hydroxyl groups is 1. The first-order valence-corrected chi connectivity index (χ1v) is 8.72. The van der Waals surface area contributed by atoms with Gasteiger partial charge in [-0.25, -0.2) is 4.39 Å². The third-order valence-corrected chi connectivity index (χ3v) is 4.96. The lowest BCUT2D eigenvalue weighted by Crippen LogP contribution is -2.50. The molecule has 1 N–H and O–H groups in total. The van der Waals surface area contributed by atoms with Crippen LogP contribution in [0.25, 0.3) is 0 Å². The fourth-order valence-corrected chi connectivity index (χ4v) is 3.67. The Morgan fingerprint density at radius 3 is 2.59 bits per heavy atom. The fourth-order valence-electron chi connectivity index (χ4n) is 3.67. The van der Waals surface area contributed by atoms with Gasteiger partial charge in [0.15, 0.2) is 0 Å². The quantitative estimate of drug-likeness (QED) is 0.845. The Morgan fingerprint density at radius 2 is 2.00 bits per heavy atom. The molecule has 0 saturated carbocycles. The number of hydrogen-bond acceptors (Lipinski definition) is 3. The van der Waals surface area contributed by atoms with E-state index < -0.39 is 5.67 Å². The Balaban J connectivity index is 1.74. The summed E-state index contributed by atoms with van der Waals surface area (Å²) in [4.78, 5) is 16.2. The van der Waals surface area contributed by atoms with E-state index in [0.29, 0.717) is 31.2 Å². The molecule has 0 spiro atoms. The molecule has 1 amide bonds. The second kappa shape index (κ2) is 7.73. The number of carbonyl (C=O) groups is 1. The number of halogens is 1. The molecule has 2 aliphatic heterocycles. The van der Waals surface area contributed by atoms with E-state index in [2.05, 4.69) is 18.7 Å². The van der Waals surface area contributed by atoms with Gasteiger partial charge >= 0.3 is 0 Å². The first kappa shape index (κ1) is 17.7. The Labute approximate surface area is 133 Å². The van der Waals surface area contributed by atoms with Crippen LogP contribution in [0, 0.1) is 11.8 Å². The van der Waals surface area contributed by atoms with Crippen LogP contribution in [0.1, 0.15) is 46.0 Å². The lowest BCUT2D eigenvalue weighted by molar-refractivity contribution is -0.133. The maximum atomic E-state index is 14.3. The molecule has 4 nitrogen and oxygen atoms in total. The van der Waals surface area contributed by atoms with Crippen LogP contribution in [0.15, 0.2) is 0 Å². The second-order valence-corrected chi connectivity index (χ2v) is 7.57. The summed E-state index contributed by atoms with van der Waals surface area (Å²) in [5.41, 5.74) is -1.41. The van der Waals surface area contributed by atoms with Crippen LogP contribution < -0.4 is 0 Å². The lowest BCUT2D eigenvalue weighted by atomic mass is 9.91. The van der Waals surface area contributed by atoms with Gasteiger partial charge in [-0.2, -0.15) is 0 Å². The summed E-state index contributed by atoms with van der Waals surface area (Å²) < 4.78 is 14.3. The van der Waals surface area contributed by atoms with Gasteiger partial charge in [0.1, 0.15) is 5.67 Å². The predicted octanol–water partition coefficient (Wildman–Crippen LogP) is 2.07. The van der Waals surface area contributed by atoms with E-state index in [1.807, 2.05) is 4.90 Å². The van der Waals surface area contributed by atoms with Gasteiger partial charge in [0.05, 0.1) is 6.61 Å². The van der Waals surface area contributed by atoms with Gasteiger partial charge in [-0.15, -0.1) is 0 Å². The highest BCUT2D eigenvalue weighted by atomic mass is 19.1. The van der Waals surface area contributed by atoms with Crippen molar-refractivity contribution in [1.82, 2.24) is 9.80 Å². The first-order chi connectivity index (χ1) is 10.4. The molecule has 0 aromatic carbocycles. The minimum absolute atomic E-state index is 0.273. The van der Waals surface area contributed by atoms with E-state index in [9.17, 15) is 14.3 Å². The molecule has 2 heterocycles. The number of carbonyl (C=O) groups excluding carboxylic acids is 1. The van der Waals surface area contributed by atoms with Gasteiger partial charge in [0.25, 0.3) is 0 Å². The van der Waals surface area contributed by atoms with Gasteiger partial charge in [0, 0.05) is 32.6 Å². The molecule has 2 saturated heterocycles. The summed E-state index contributed by atoms with van der Waals surface area (Å²) in [6, 6.07) is 0. The maximum Gasteiger partial charge on any atom is 0.222 e. The average molecular weight is 314 g/mol. The van der Waals surface area contributed by atoms with Crippen LogP contribution in [0.5, 0.6) is 0 Å². The topological polar surface area (TPSA) is 43.8 Å². The van der Waals surface area contributed by atoms with Crippen LogP contribution >= 0.6 is 0 Å². The molecule has 0 aromatic heterocycles. The fraction of sp³-hybridized carbons (Fsp3) is 0.941. The van der Waals surface area contributed by atoms with Gasteiger partial charge in [-0.3, -0.25) is 9.69 Å². The summed E-state index contributed by atoms with van der Waals surface area (Å²) in [7, 11) is 0. The number of rotatable bonds is 5. The molecule has 1 unspecified atom stereocenters. The third kappa shape index (κ3) is 4.92. The molecule has 0 aliphatic carbocycles. The zero-order valence-corrected chi connectivity index (χ0v) is 14.1. The Bertz CT molecular complexity index is 370. The smallest absolute Gasteiger partial charge is 0.222 e. The summed E-state index contributed by atoms with van der Waals surface area (Å²) in [5, 5.41) is 9.20. The van der Waals surface area contributed by atoms with E-state index in [1.54, 1.807) is 0 Å². The number of alkyl halides is 1. The summed E-state index contributed by atoms with van der Waals surface area (Å²) in [6.45, 7) is 7.64. The van der Waals surface area contributed by atoms with Crippen molar-refractivity contribution in [2.45, 2.75) is 51.6 Å². The van der Waals surface area contributed by atoms with Gasteiger partial charge in [0.2, 0.25) is 5.91 Å². The van der Waals surface area contributed by atoms with E-state index in [-0.39, 0.29) is 12.5 Å². The summed E-state index contributed by atoms with van der Waals surface area (Å²) >= 11 is 0. The van der Waals surface area contributed by atoms with Crippen LogP contribution in [-0.2, 0) is 4.79 Å². The lowest BCUT2D eigenvalue weighted by Gasteiger charge is -2.40. The zero-order chi connectivity index (χ0) is 16.2. The Kier molecular flexibility index (Phi) is 6.21. The van der Waals surface area contributed by atoms with E-state index in [4.69, 9.17) is 0 Å². The molecule has 0 radical (unpaired) electrons. The minimum atomic E-state index is -1.41. The highest BCUT2D eigenvalue weighted by Crippen LogP contribution is 2.27. The van der Waals surface area contributed by atoms with Crippen molar-refractivity contribution in [3.63, 3.8) is 0 Å². The van der Waals surface area contributed by atoms with Gasteiger partial charge in [-0.1, -0.05) is 13.8 Å². The standard InChI is InChI=1S/C17H31FN2O2/c1-14(2)10-16(22)20-8-4-15(5-9-20)11-19-7-3-6-17(18,12-19)13-21/h14-15,21H,3-13H2,1-2H3. The van der Waals surface area contributed by atoms with Crippen molar-refractivity contribution in [1.29, 1.82) is 0 Å². The minimum Gasteiger partial charge on any atom is -0.393 e.